The van der Waals surface area contributed by atoms with Gasteiger partial charge < -0.3 is 0 Å². The van der Waals surface area contributed by atoms with E-state index >= 15 is 0 Å². The van der Waals surface area contributed by atoms with Crippen LogP contribution in [0.2, 0.25) is 0 Å². The molecule has 0 saturated heterocycles. The predicted octanol–water partition coefficient (Wildman–Crippen LogP) is 3.43. The van der Waals surface area contributed by atoms with E-state index in [1.807, 2.05) is 0 Å². The summed E-state index contributed by atoms with van der Waals surface area (Å²) in [5.41, 5.74) is 0. The highest BCUT2D eigenvalue weighted by molar-refractivity contribution is 4.78. The van der Waals surface area contributed by atoms with Gasteiger partial charge in [0.2, 0.25) is 5.92 Å². The molecule has 1 radical (unpaired) electrons. The largest absolute Gasteiger partial charge is 0.248 e. The zero-order chi connectivity index (χ0) is 8.32. The van der Waals surface area contributed by atoms with Crippen molar-refractivity contribution in [2.24, 2.45) is 5.92 Å². The van der Waals surface area contributed by atoms with Crippen molar-refractivity contribution in [1.29, 1.82) is 0 Å². The topological polar surface area (TPSA) is 0 Å². The van der Waals surface area contributed by atoms with Gasteiger partial charge in [0.15, 0.2) is 0 Å². The van der Waals surface area contributed by atoms with Crippen LogP contribution in [-0.2, 0) is 0 Å². The first-order valence-electron chi connectivity index (χ1n) is 4.31. The summed E-state index contributed by atoms with van der Waals surface area (Å²) in [4.78, 5) is 0. The van der Waals surface area contributed by atoms with Crippen LogP contribution in [0.15, 0.2) is 0 Å². The highest BCUT2D eigenvalue weighted by atomic mass is 19.3. The van der Waals surface area contributed by atoms with Crippen LogP contribution in [0, 0.1) is 12.8 Å². The summed E-state index contributed by atoms with van der Waals surface area (Å²) in [6.07, 6.45) is 3.53. The van der Waals surface area contributed by atoms with E-state index in [1.54, 1.807) is 0 Å². The molecule has 1 aliphatic carbocycles. The molecule has 0 nitrogen and oxygen atoms in total. The fourth-order valence-electron chi connectivity index (χ4n) is 1.81. The van der Waals surface area contributed by atoms with Gasteiger partial charge in [-0.2, -0.15) is 0 Å². The Kier molecular flexibility index (Phi) is 2.85. The van der Waals surface area contributed by atoms with Crippen LogP contribution in [0.4, 0.5) is 8.78 Å². The number of halogens is 2. The molecule has 0 aromatic heterocycles. The van der Waals surface area contributed by atoms with E-state index in [9.17, 15) is 8.78 Å². The lowest BCUT2D eigenvalue weighted by Crippen LogP contribution is -2.25. The molecule has 0 bridgehead atoms. The van der Waals surface area contributed by atoms with Crippen molar-refractivity contribution in [2.45, 2.75) is 44.4 Å². The second kappa shape index (κ2) is 3.51. The van der Waals surface area contributed by atoms with E-state index in [1.165, 1.54) is 0 Å². The van der Waals surface area contributed by atoms with Crippen molar-refractivity contribution in [3.05, 3.63) is 6.92 Å². The van der Waals surface area contributed by atoms with Crippen molar-refractivity contribution < 1.29 is 8.78 Å². The lowest BCUT2D eigenvalue weighted by molar-refractivity contribution is -0.0533. The Morgan fingerprint density at radius 3 is 2.73 bits per heavy atom. The van der Waals surface area contributed by atoms with E-state index in [0.717, 1.165) is 19.3 Å². The van der Waals surface area contributed by atoms with Gasteiger partial charge in [-0.25, -0.2) is 8.78 Å². The molecule has 0 aliphatic heterocycles. The lowest BCUT2D eigenvalue weighted by Gasteiger charge is -2.28. The minimum absolute atomic E-state index is 0.0979. The van der Waals surface area contributed by atoms with E-state index in [2.05, 4.69) is 6.92 Å². The van der Waals surface area contributed by atoms with Gasteiger partial charge in [0.05, 0.1) is 0 Å². The van der Waals surface area contributed by atoms with Crippen LogP contribution in [0.5, 0.6) is 0 Å². The normalized spacial score (nSPS) is 30.3. The second-order valence-corrected chi connectivity index (χ2v) is 3.46. The number of hydrogen-bond acceptors (Lipinski definition) is 0. The molecule has 1 rings (SSSR count). The first-order chi connectivity index (χ1) is 5.14. The quantitative estimate of drug-likeness (QED) is 0.582. The third-order valence-corrected chi connectivity index (χ3v) is 2.35. The van der Waals surface area contributed by atoms with Crippen LogP contribution in [0.1, 0.15) is 38.5 Å². The van der Waals surface area contributed by atoms with Gasteiger partial charge in [-0.05, 0) is 12.3 Å². The number of hydrogen-bond donors (Lipinski definition) is 0. The van der Waals surface area contributed by atoms with Crippen LogP contribution in [0.3, 0.4) is 0 Å². The summed E-state index contributed by atoms with van der Waals surface area (Å²) >= 11 is 0. The minimum atomic E-state index is -2.38. The van der Waals surface area contributed by atoms with Gasteiger partial charge in [-0.15, -0.1) is 0 Å². The van der Waals surface area contributed by atoms with Gasteiger partial charge in [-0.1, -0.05) is 26.2 Å². The molecular weight excluding hydrogens is 146 g/mol. The molecule has 0 heterocycles. The van der Waals surface area contributed by atoms with E-state index in [4.69, 9.17) is 0 Å². The van der Waals surface area contributed by atoms with Crippen molar-refractivity contribution in [2.75, 3.05) is 0 Å². The van der Waals surface area contributed by atoms with Gasteiger partial charge in [-0.3, -0.25) is 0 Å². The smallest absolute Gasteiger partial charge is 0.207 e. The first kappa shape index (κ1) is 8.95. The maximum absolute atomic E-state index is 12.8. The van der Waals surface area contributed by atoms with Gasteiger partial charge >= 0.3 is 0 Å². The standard InChI is InChI=1S/C9H15F2/c1-2-4-8-5-3-6-9(10,11)7-8/h8H,1-7H2. The molecule has 1 atom stereocenters. The monoisotopic (exact) mass is 161 g/mol. The zero-order valence-corrected chi connectivity index (χ0v) is 6.78. The Morgan fingerprint density at radius 2 is 2.18 bits per heavy atom. The van der Waals surface area contributed by atoms with Crippen LogP contribution in [-0.4, -0.2) is 5.92 Å². The summed E-state index contributed by atoms with van der Waals surface area (Å²) in [6, 6.07) is 0. The Morgan fingerprint density at radius 1 is 1.45 bits per heavy atom. The summed E-state index contributed by atoms with van der Waals surface area (Å²) < 4.78 is 25.5. The third-order valence-electron chi connectivity index (χ3n) is 2.35. The molecule has 65 valence electrons. The Hall–Kier alpha value is -0.140. The average molecular weight is 161 g/mol. The molecule has 1 saturated carbocycles. The maximum Gasteiger partial charge on any atom is 0.248 e. The molecule has 0 N–H and O–H groups in total. The zero-order valence-electron chi connectivity index (χ0n) is 6.78. The average Bonchev–Trinajstić information content (AvgIpc) is 1.85. The lowest BCUT2D eigenvalue weighted by atomic mass is 9.84. The molecule has 11 heavy (non-hydrogen) atoms. The molecule has 1 fully saturated rings. The van der Waals surface area contributed by atoms with Crippen molar-refractivity contribution >= 4 is 0 Å². The van der Waals surface area contributed by atoms with E-state index in [0.29, 0.717) is 6.42 Å². The van der Waals surface area contributed by atoms with E-state index < -0.39 is 5.92 Å². The molecule has 0 aromatic rings. The SMILES string of the molecule is [CH2]CCC1CCCC(F)(F)C1. The molecule has 1 aliphatic rings. The van der Waals surface area contributed by atoms with Crippen LogP contribution >= 0.6 is 0 Å². The molecule has 0 aromatic carbocycles. The highest BCUT2D eigenvalue weighted by Gasteiger charge is 2.35. The molecule has 2 heteroatoms. The van der Waals surface area contributed by atoms with Crippen molar-refractivity contribution in [3.63, 3.8) is 0 Å². The fourth-order valence-corrected chi connectivity index (χ4v) is 1.81. The summed E-state index contributed by atoms with van der Waals surface area (Å²) in [5, 5.41) is 0. The molecular formula is C9H15F2. The first-order valence-corrected chi connectivity index (χ1v) is 4.31. The summed E-state index contributed by atoms with van der Waals surface area (Å²) in [7, 11) is 0. The van der Waals surface area contributed by atoms with Gasteiger partial charge in [0.25, 0.3) is 0 Å². The predicted molar refractivity (Wildman–Crippen MR) is 41.5 cm³/mol. The second-order valence-electron chi connectivity index (χ2n) is 3.46. The molecule has 0 amide bonds. The third kappa shape index (κ3) is 2.76. The fraction of sp³-hybridized carbons (Fsp3) is 0.889. The highest BCUT2D eigenvalue weighted by Crippen LogP contribution is 2.38. The Bertz CT molecular complexity index is 119. The van der Waals surface area contributed by atoms with Crippen LogP contribution in [0.25, 0.3) is 0 Å². The molecule has 0 spiro atoms. The number of alkyl halides is 2. The van der Waals surface area contributed by atoms with Gasteiger partial charge in [0.1, 0.15) is 0 Å². The van der Waals surface area contributed by atoms with Crippen LogP contribution < -0.4 is 0 Å². The number of rotatable bonds is 2. The summed E-state index contributed by atoms with van der Waals surface area (Å²) in [5.74, 6) is -2.14. The minimum Gasteiger partial charge on any atom is -0.207 e. The Labute approximate surface area is 67.0 Å². The molecule has 1 unspecified atom stereocenters. The van der Waals surface area contributed by atoms with E-state index in [-0.39, 0.29) is 18.8 Å². The van der Waals surface area contributed by atoms with Gasteiger partial charge in [0, 0.05) is 12.8 Å². The summed E-state index contributed by atoms with van der Waals surface area (Å²) in [6.45, 7) is 3.68. The van der Waals surface area contributed by atoms with Crippen molar-refractivity contribution in [3.8, 4) is 0 Å². The Balaban J connectivity index is 2.34. The maximum atomic E-state index is 12.8. The van der Waals surface area contributed by atoms with Crippen molar-refractivity contribution in [1.82, 2.24) is 0 Å².